The van der Waals surface area contributed by atoms with E-state index in [0.717, 1.165) is 0 Å². The first-order valence-electron chi connectivity index (χ1n) is 10.3. The van der Waals surface area contributed by atoms with E-state index in [4.69, 9.17) is 18.9 Å². The number of ether oxygens (including phenoxy) is 4. The van der Waals surface area contributed by atoms with Gasteiger partial charge in [0.15, 0.2) is 21.3 Å². The fourth-order valence-electron chi connectivity index (χ4n) is 3.54. The first-order chi connectivity index (χ1) is 16.2. The van der Waals surface area contributed by atoms with E-state index >= 15 is 0 Å². The van der Waals surface area contributed by atoms with Crippen LogP contribution in [0.3, 0.4) is 0 Å². The minimum absolute atomic E-state index is 0.0150. The number of methoxy groups -OCH3 is 3. The summed E-state index contributed by atoms with van der Waals surface area (Å²) in [7, 11) is 0.307. The van der Waals surface area contributed by atoms with Gasteiger partial charge in [0.2, 0.25) is 0 Å². The topological polar surface area (TPSA) is 129 Å². The van der Waals surface area contributed by atoms with Crippen molar-refractivity contribution in [1.29, 1.82) is 0 Å². The van der Waals surface area contributed by atoms with Crippen molar-refractivity contribution in [2.45, 2.75) is 17.9 Å². The molecule has 0 spiro atoms. The lowest BCUT2D eigenvalue weighted by atomic mass is 9.95. The molecule has 34 heavy (non-hydrogen) atoms. The van der Waals surface area contributed by atoms with E-state index in [2.05, 4.69) is 10.6 Å². The van der Waals surface area contributed by atoms with Crippen molar-refractivity contribution < 1.29 is 37.0 Å². The number of hydrogen-bond donors (Lipinski definition) is 2. The summed E-state index contributed by atoms with van der Waals surface area (Å²) in [5.74, 6) is -0.300. The van der Waals surface area contributed by atoms with Crippen LogP contribution in [0.1, 0.15) is 18.5 Å². The van der Waals surface area contributed by atoms with Crippen molar-refractivity contribution in [2.24, 2.45) is 0 Å². The molecule has 0 fully saturated rings. The maximum atomic E-state index is 13.3. The first-order valence-corrected chi connectivity index (χ1v) is 12.0. The van der Waals surface area contributed by atoms with Gasteiger partial charge in [-0.3, -0.25) is 0 Å². The van der Waals surface area contributed by atoms with Crippen LogP contribution >= 0.6 is 0 Å². The smallest absolute Gasteiger partial charge is 0.338 e. The van der Waals surface area contributed by atoms with E-state index in [-0.39, 0.29) is 28.5 Å². The molecule has 0 saturated carbocycles. The number of nitrogens with one attached hydrogen (secondary N) is 2. The molecular weight excluding hydrogens is 464 g/mol. The van der Waals surface area contributed by atoms with Crippen molar-refractivity contribution in [3.63, 3.8) is 0 Å². The number of sulfone groups is 1. The molecule has 0 aromatic heterocycles. The normalized spacial score (nSPS) is 15.8. The Morgan fingerprint density at radius 2 is 1.74 bits per heavy atom. The Morgan fingerprint density at radius 1 is 1.00 bits per heavy atom. The third-order valence-electron chi connectivity index (χ3n) is 5.12. The molecule has 1 heterocycles. The van der Waals surface area contributed by atoms with E-state index in [0.29, 0.717) is 17.1 Å². The van der Waals surface area contributed by atoms with Gasteiger partial charge in [-0.05, 0) is 36.8 Å². The molecular formula is C23H26N2O8S. The monoisotopic (exact) mass is 490 g/mol. The molecule has 1 atom stereocenters. The summed E-state index contributed by atoms with van der Waals surface area (Å²) >= 11 is 0. The molecule has 2 aromatic carbocycles. The Balaban J connectivity index is 2.10. The second-order valence-corrected chi connectivity index (χ2v) is 9.19. The van der Waals surface area contributed by atoms with E-state index in [1.165, 1.54) is 39.5 Å². The standard InChI is InChI=1S/C23H26N2O8S/c1-5-33-22(26)20-17(13-34(28,29)16-9-10-18(31-3)19(12-16)32-4)24-23(27)25-21(20)14-7-6-8-15(11-14)30-2/h6-12,21H,5,13H2,1-4H3,(H2,24,25,27)/t21-/m0/s1. The Labute approximate surface area is 197 Å². The highest BCUT2D eigenvalue weighted by atomic mass is 32.2. The zero-order valence-corrected chi connectivity index (χ0v) is 20.0. The van der Waals surface area contributed by atoms with E-state index in [9.17, 15) is 18.0 Å². The molecule has 2 aromatic rings. The van der Waals surface area contributed by atoms with Crippen LogP contribution in [0.25, 0.3) is 0 Å². The van der Waals surface area contributed by atoms with Crippen molar-refractivity contribution in [3.05, 3.63) is 59.3 Å². The molecule has 0 bridgehead atoms. The molecule has 2 amide bonds. The number of amides is 2. The maximum Gasteiger partial charge on any atom is 0.338 e. The summed E-state index contributed by atoms with van der Waals surface area (Å²) in [6.45, 7) is 1.70. The number of carbonyl (C=O) groups is 2. The Hall–Kier alpha value is -3.73. The van der Waals surface area contributed by atoms with Crippen LogP contribution in [0.15, 0.2) is 58.6 Å². The van der Waals surface area contributed by atoms with Gasteiger partial charge < -0.3 is 29.6 Å². The minimum atomic E-state index is -4.01. The highest BCUT2D eigenvalue weighted by molar-refractivity contribution is 7.91. The highest BCUT2D eigenvalue weighted by Gasteiger charge is 2.36. The van der Waals surface area contributed by atoms with E-state index in [1.54, 1.807) is 31.2 Å². The summed E-state index contributed by atoms with van der Waals surface area (Å²) in [4.78, 5) is 25.3. The molecule has 1 aliphatic heterocycles. The molecule has 2 N–H and O–H groups in total. The van der Waals surface area contributed by atoms with Crippen LogP contribution in [0.5, 0.6) is 17.2 Å². The summed E-state index contributed by atoms with van der Waals surface area (Å²) in [6.07, 6.45) is 0. The number of benzene rings is 2. The average Bonchev–Trinajstić information content (AvgIpc) is 2.83. The average molecular weight is 491 g/mol. The zero-order chi connectivity index (χ0) is 24.9. The fraction of sp³-hybridized carbons (Fsp3) is 0.304. The van der Waals surface area contributed by atoms with Crippen LogP contribution in [0, 0.1) is 0 Å². The van der Waals surface area contributed by atoms with Crippen LogP contribution in [-0.4, -0.2) is 54.1 Å². The summed E-state index contributed by atoms with van der Waals surface area (Å²) in [5, 5.41) is 5.14. The lowest BCUT2D eigenvalue weighted by Gasteiger charge is -2.29. The molecule has 0 unspecified atom stereocenters. The van der Waals surface area contributed by atoms with E-state index < -0.39 is 33.6 Å². The van der Waals surface area contributed by atoms with Gasteiger partial charge in [-0.1, -0.05) is 12.1 Å². The highest BCUT2D eigenvalue weighted by Crippen LogP contribution is 2.33. The van der Waals surface area contributed by atoms with Crippen molar-refractivity contribution in [2.75, 3.05) is 33.7 Å². The summed E-state index contributed by atoms with van der Waals surface area (Å²) < 4.78 is 47.3. The quantitative estimate of drug-likeness (QED) is 0.513. The first kappa shape index (κ1) is 24.9. The second-order valence-electron chi connectivity index (χ2n) is 7.20. The predicted octanol–water partition coefficient (Wildman–Crippen LogP) is 2.36. The molecule has 0 aliphatic carbocycles. The van der Waals surface area contributed by atoms with Gasteiger partial charge in [0.1, 0.15) is 5.75 Å². The number of urea groups is 1. The van der Waals surface area contributed by atoms with Gasteiger partial charge in [-0.15, -0.1) is 0 Å². The van der Waals surface area contributed by atoms with Crippen LogP contribution in [0.2, 0.25) is 0 Å². The van der Waals surface area contributed by atoms with E-state index in [1.807, 2.05) is 0 Å². The van der Waals surface area contributed by atoms with Gasteiger partial charge in [0.05, 0.1) is 50.2 Å². The predicted molar refractivity (Wildman–Crippen MR) is 123 cm³/mol. The zero-order valence-electron chi connectivity index (χ0n) is 19.2. The third-order valence-corrected chi connectivity index (χ3v) is 6.77. The maximum absolute atomic E-state index is 13.3. The van der Waals surface area contributed by atoms with Crippen molar-refractivity contribution in [1.82, 2.24) is 10.6 Å². The lowest BCUT2D eigenvalue weighted by Crippen LogP contribution is -2.47. The van der Waals surface area contributed by atoms with Crippen molar-refractivity contribution >= 4 is 21.8 Å². The molecule has 0 saturated heterocycles. The molecule has 10 nitrogen and oxygen atoms in total. The van der Waals surface area contributed by atoms with Crippen LogP contribution in [0.4, 0.5) is 4.79 Å². The Morgan fingerprint density at radius 3 is 2.38 bits per heavy atom. The number of rotatable bonds is 9. The second kappa shape index (κ2) is 10.5. The summed E-state index contributed by atoms with van der Waals surface area (Å²) in [6, 6.07) is 9.30. The molecule has 0 radical (unpaired) electrons. The number of esters is 1. The minimum Gasteiger partial charge on any atom is -0.497 e. The van der Waals surface area contributed by atoms with Gasteiger partial charge in [0.25, 0.3) is 0 Å². The van der Waals surface area contributed by atoms with Crippen molar-refractivity contribution in [3.8, 4) is 17.2 Å². The van der Waals surface area contributed by atoms with Gasteiger partial charge in [-0.25, -0.2) is 18.0 Å². The van der Waals surface area contributed by atoms with Crippen LogP contribution < -0.4 is 24.8 Å². The Bertz CT molecular complexity index is 1220. The number of carbonyl (C=O) groups excluding carboxylic acids is 2. The largest absolute Gasteiger partial charge is 0.497 e. The molecule has 182 valence electrons. The molecule has 3 rings (SSSR count). The number of hydrogen-bond acceptors (Lipinski definition) is 8. The third kappa shape index (κ3) is 5.25. The SMILES string of the molecule is CCOC(=O)C1=C(CS(=O)(=O)c2ccc(OC)c(OC)c2)NC(=O)N[C@H]1c1cccc(OC)c1. The molecule has 1 aliphatic rings. The fourth-order valence-corrected chi connectivity index (χ4v) is 4.87. The van der Waals surface area contributed by atoms with Crippen LogP contribution in [-0.2, 0) is 19.4 Å². The lowest BCUT2D eigenvalue weighted by molar-refractivity contribution is -0.139. The van der Waals surface area contributed by atoms with Gasteiger partial charge in [0, 0.05) is 11.8 Å². The summed E-state index contributed by atoms with van der Waals surface area (Å²) in [5.41, 5.74) is 0.432. The van der Waals surface area contributed by atoms with Gasteiger partial charge in [-0.2, -0.15) is 0 Å². The Kier molecular flexibility index (Phi) is 7.67. The molecule has 11 heteroatoms. The van der Waals surface area contributed by atoms with Gasteiger partial charge >= 0.3 is 12.0 Å².